The molecule has 2 aromatic rings. The van der Waals surface area contributed by atoms with E-state index in [1.807, 2.05) is 0 Å². The first-order valence-electron chi connectivity index (χ1n) is 21.0. The van der Waals surface area contributed by atoms with Crippen LogP contribution in [0.2, 0.25) is 0 Å². The second-order valence-electron chi connectivity index (χ2n) is 14.6. The molecule has 0 atom stereocenters. The van der Waals surface area contributed by atoms with Crippen molar-refractivity contribution in [1.29, 1.82) is 0 Å². The minimum absolute atomic E-state index is 1.03. The molecule has 2 heteroatoms. The molecule has 0 unspecified atom stereocenters. The summed E-state index contributed by atoms with van der Waals surface area (Å²) in [5.74, 6) is 0. The average Bonchev–Trinajstić information content (AvgIpc) is 3.08. The molecule has 0 saturated carbocycles. The van der Waals surface area contributed by atoms with Gasteiger partial charge in [-0.25, -0.2) is 0 Å². The molecule has 0 saturated heterocycles. The molecular weight excluding hydrogens is 581 g/mol. The minimum Gasteiger partial charge on any atom is -0.252 e. The van der Waals surface area contributed by atoms with Crippen molar-refractivity contribution in [3.63, 3.8) is 0 Å². The van der Waals surface area contributed by atoms with E-state index in [2.05, 4.69) is 77.9 Å². The van der Waals surface area contributed by atoms with Crippen LogP contribution in [0.25, 0.3) is 0 Å². The van der Waals surface area contributed by atoms with Gasteiger partial charge in [-0.2, -0.15) is 0 Å². The van der Waals surface area contributed by atoms with E-state index in [4.69, 9.17) is 9.98 Å². The molecular formula is C46H76N2. The van der Waals surface area contributed by atoms with Crippen LogP contribution in [-0.2, 0) is 25.7 Å². The lowest BCUT2D eigenvalue weighted by atomic mass is 9.98. The zero-order valence-electron chi connectivity index (χ0n) is 32.7. The van der Waals surface area contributed by atoms with Crippen LogP contribution in [-0.4, -0.2) is 11.4 Å². The molecule has 2 aromatic carbocycles. The minimum atomic E-state index is 1.03. The van der Waals surface area contributed by atoms with Crippen molar-refractivity contribution < 1.29 is 0 Å². The van der Waals surface area contributed by atoms with E-state index in [1.54, 1.807) is 0 Å². The van der Waals surface area contributed by atoms with Gasteiger partial charge in [-0.1, -0.05) is 144 Å². The van der Waals surface area contributed by atoms with Crippen LogP contribution in [0, 0.1) is 0 Å². The van der Waals surface area contributed by atoms with E-state index >= 15 is 0 Å². The van der Waals surface area contributed by atoms with Gasteiger partial charge < -0.3 is 0 Å². The van der Waals surface area contributed by atoms with Gasteiger partial charge in [0.1, 0.15) is 0 Å². The Balaban J connectivity index is 2.63. The normalized spacial score (nSPS) is 12.3. The monoisotopic (exact) mass is 657 g/mol. The summed E-state index contributed by atoms with van der Waals surface area (Å²) < 4.78 is 0. The van der Waals surface area contributed by atoms with Crippen LogP contribution in [0.5, 0.6) is 0 Å². The molecule has 270 valence electrons. The maximum absolute atomic E-state index is 5.58. The number of hydrogen-bond acceptors (Lipinski definition) is 2. The van der Waals surface area contributed by atoms with Crippen molar-refractivity contribution in [1.82, 2.24) is 0 Å². The highest BCUT2D eigenvalue weighted by atomic mass is 14.8. The van der Waals surface area contributed by atoms with Crippen LogP contribution >= 0.6 is 0 Å². The number of aliphatic imine (C=N–C) groups is 2. The number of unbranched alkanes of at least 4 members (excludes halogenated alkanes) is 14. The molecule has 0 aromatic heterocycles. The molecule has 0 amide bonds. The van der Waals surface area contributed by atoms with E-state index in [9.17, 15) is 0 Å². The van der Waals surface area contributed by atoms with Crippen molar-refractivity contribution in [2.45, 2.75) is 208 Å². The van der Waals surface area contributed by atoms with Gasteiger partial charge in [0.05, 0.1) is 22.8 Å². The van der Waals surface area contributed by atoms with Crippen molar-refractivity contribution in [3.8, 4) is 0 Å². The van der Waals surface area contributed by atoms with Crippen molar-refractivity contribution in [2.75, 3.05) is 0 Å². The van der Waals surface area contributed by atoms with Crippen LogP contribution in [0.4, 0.5) is 11.4 Å². The Bertz CT molecular complexity index is 1010. The first-order chi connectivity index (χ1) is 23.6. The smallest absolute Gasteiger partial charge is 0.0639 e. The van der Waals surface area contributed by atoms with Crippen LogP contribution in [0.1, 0.15) is 205 Å². The van der Waals surface area contributed by atoms with Gasteiger partial charge in [-0.3, -0.25) is 9.98 Å². The number of nitrogens with zero attached hydrogens (tertiary/aromatic N) is 2. The molecule has 0 fully saturated rings. The molecule has 2 nitrogen and oxygen atoms in total. The van der Waals surface area contributed by atoms with Gasteiger partial charge in [-0.05, 0) is 124 Å². The van der Waals surface area contributed by atoms with Crippen molar-refractivity contribution >= 4 is 22.8 Å². The van der Waals surface area contributed by atoms with Gasteiger partial charge in [0, 0.05) is 0 Å². The first-order valence-corrected chi connectivity index (χ1v) is 21.0. The molecule has 48 heavy (non-hydrogen) atoms. The summed E-state index contributed by atoms with van der Waals surface area (Å²) in [7, 11) is 0. The van der Waals surface area contributed by atoms with E-state index in [-0.39, 0.29) is 0 Å². The van der Waals surface area contributed by atoms with E-state index in [0.717, 1.165) is 49.9 Å². The predicted molar refractivity (Wildman–Crippen MR) is 218 cm³/mol. The summed E-state index contributed by atoms with van der Waals surface area (Å²) >= 11 is 0. The third-order valence-corrected chi connectivity index (χ3v) is 9.75. The van der Waals surface area contributed by atoms with Gasteiger partial charge in [0.25, 0.3) is 0 Å². The Kier molecular flexibility index (Phi) is 24.1. The fraction of sp³-hybridized carbons (Fsp3) is 0.696. The fourth-order valence-electron chi connectivity index (χ4n) is 6.79. The zero-order valence-corrected chi connectivity index (χ0v) is 32.7. The lowest BCUT2D eigenvalue weighted by Crippen LogP contribution is -2.15. The Hall–Kier alpha value is -2.22. The highest BCUT2D eigenvalue weighted by Crippen LogP contribution is 2.26. The maximum atomic E-state index is 5.58. The second-order valence-corrected chi connectivity index (χ2v) is 14.6. The summed E-state index contributed by atoms with van der Waals surface area (Å²) in [5, 5.41) is 0. The van der Waals surface area contributed by atoms with Crippen LogP contribution in [0.15, 0.2) is 46.4 Å². The molecule has 0 bridgehead atoms. The third kappa shape index (κ3) is 18.5. The third-order valence-electron chi connectivity index (χ3n) is 9.75. The Morgan fingerprint density at radius 3 is 0.875 bits per heavy atom. The molecule has 0 N–H and O–H groups in total. The first kappa shape index (κ1) is 41.9. The molecule has 0 heterocycles. The zero-order chi connectivity index (χ0) is 34.7. The number of hydrogen-bond donors (Lipinski definition) is 0. The molecule has 0 radical (unpaired) electrons. The highest BCUT2D eigenvalue weighted by Gasteiger charge is 2.13. The van der Waals surface area contributed by atoms with Gasteiger partial charge in [0.15, 0.2) is 0 Å². The SMILES string of the molecule is CCCCCCC(=Nc1cc(CCCCC)cc(CCCCC)c1)C(CCCCCC)=Nc1cc(CCCCC)cc(CCCCC)c1. The summed E-state index contributed by atoms with van der Waals surface area (Å²) in [6, 6.07) is 14.6. The maximum Gasteiger partial charge on any atom is 0.0639 e. The Labute approximate surface area is 299 Å². The van der Waals surface area contributed by atoms with Crippen molar-refractivity contribution in [2.24, 2.45) is 9.98 Å². The standard InChI is InChI=1S/C46H76N2/c1-7-13-19-25-31-45(47-43-35-39(27-21-15-9-3)33-40(36-43)28-22-16-10-4)46(32-26-20-14-8-2)48-44-37-41(29-23-17-11-5)34-42(38-44)30-24-18-12-6/h33-38H,7-32H2,1-6H3. The summed E-state index contributed by atoms with van der Waals surface area (Å²) in [4.78, 5) is 11.2. The molecule has 2 rings (SSSR count). The number of aryl methyl sites for hydroxylation is 4. The molecule has 0 aliphatic carbocycles. The summed E-state index contributed by atoms with van der Waals surface area (Å²) in [6.45, 7) is 13.8. The van der Waals surface area contributed by atoms with Crippen LogP contribution in [0.3, 0.4) is 0 Å². The summed E-state index contributed by atoms with van der Waals surface area (Å²) in [6.07, 6.45) is 32.1. The van der Waals surface area contributed by atoms with E-state index in [1.165, 1.54) is 162 Å². The average molecular weight is 657 g/mol. The molecule has 0 spiro atoms. The largest absolute Gasteiger partial charge is 0.252 e. The number of rotatable bonds is 29. The lowest BCUT2D eigenvalue weighted by Gasteiger charge is -2.14. The fourth-order valence-corrected chi connectivity index (χ4v) is 6.79. The van der Waals surface area contributed by atoms with Gasteiger partial charge >= 0.3 is 0 Å². The van der Waals surface area contributed by atoms with E-state index < -0.39 is 0 Å². The summed E-state index contributed by atoms with van der Waals surface area (Å²) in [5.41, 5.74) is 10.7. The van der Waals surface area contributed by atoms with Crippen molar-refractivity contribution in [3.05, 3.63) is 58.7 Å². The lowest BCUT2D eigenvalue weighted by molar-refractivity contribution is 0.678. The molecule has 0 aliphatic heterocycles. The van der Waals surface area contributed by atoms with Crippen LogP contribution < -0.4 is 0 Å². The quantitative estimate of drug-likeness (QED) is 0.0615. The van der Waals surface area contributed by atoms with E-state index in [0.29, 0.717) is 0 Å². The topological polar surface area (TPSA) is 24.7 Å². The van der Waals surface area contributed by atoms with Gasteiger partial charge in [-0.15, -0.1) is 0 Å². The highest BCUT2D eigenvalue weighted by molar-refractivity contribution is 6.43. The number of benzene rings is 2. The Morgan fingerprint density at radius 2 is 0.604 bits per heavy atom. The Morgan fingerprint density at radius 1 is 0.333 bits per heavy atom. The predicted octanol–water partition coefficient (Wildman–Crippen LogP) is 15.4. The second kappa shape index (κ2) is 27.6. The molecule has 0 aliphatic rings. The van der Waals surface area contributed by atoms with Gasteiger partial charge in [0.2, 0.25) is 0 Å².